The van der Waals surface area contributed by atoms with Crippen molar-refractivity contribution in [2.75, 3.05) is 13.2 Å². The van der Waals surface area contributed by atoms with Crippen LogP contribution in [0.25, 0.3) is 0 Å². The molecule has 0 radical (unpaired) electrons. The van der Waals surface area contributed by atoms with E-state index in [0.717, 1.165) is 13.1 Å². The van der Waals surface area contributed by atoms with Crippen LogP contribution in [0.15, 0.2) is 30.3 Å². The van der Waals surface area contributed by atoms with Crippen LogP contribution in [-0.4, -0.2) is 18.3 Å². The van der Waals surface area contributed by atoms with Crippen molar-refractivity contribution < 1.29 is 5.11 Å². The first-order valence-electron chi connectivity index (χ1n) is 5.70. The van der Waals surface area contributed by atoms with E-state index >= 15 is 0 Å². The number of nitrogens with one attached hydrogen (secondary N) is 1. The van der Waals surface area contributed by atoms with Crippen LogP contribution in [0.5, 0.6) is 0 Å². The topological polar surface area (TPSA) is 32.3 Å². The van der Waals surface area contributed by atoms with Crippen LogP contribution in [0.4, 0.5) is 0 Å². The number of aliphatic hydroxyl groups is 1. The average molecular weight is 205 g/mol. The molecule has 15 heavy (non-hydrogen) atoms. The van der Waals surface area contributed by atoms with Crippen molar-refractivity contribution in [1.29, 1.82) is 0 Å². The summed E-state index contributed by atoms with van der Waals surface area (Å²) in [6.45, 7) is 2.18. The fourth-order valence-corrected chi connectivity index (χ4v) is 2.14. The molecule has 0 aliphatic heterocycles. The number of hydrogen-bond donors (Lipinski definition) is 2. The van der Waals surface area contributed by atoms with Crippen LogP contribution in [0.3, 0.4) is 0 Å². The van der Waals surface area contributed by atoms with Gasteiger partial charge >= 0.3 is 0 Å². The summed E-state index contributed by atoms with van der Waals surface area (Å²) in [4.78, 5) is 0. The fourth-order valence-electron chi connectivity index (χ4n) is 2.14. The van der Waals surface area contributed by atoms with Crippen molar-refractivity contribution in [1.82, 2.24) is 5.32 Å². The van der Waals surface area contributed by atoms with E-state index in [1.54, 1.807) is 0 Å². The van der Waals surface area contributed by atoms with E-state index in [1.165, 1.54) is 24.8 Å². The third-order valence-electron chi connectivity index (χ3n) is 3.42. The summed E-state index contributed by atoms with van der Waals surface area (Å²) >= 11 is 0. The van der Waals surface area contributed by atoms with E-state index in [-0.39, 0.29) is 5.41 Å². The Hall–Kier alpha value is -0.860. The Morgan fingerprint density at radius 3 is 2.47 bits per heavy atom. The molecule has 0 saturated heterocycles. The monoisotopic (exact) mass is 205 g/mol. The van der Waals surface area contributed by atoms with Gasteiger partial charge in [-0.25, -0.2) is 0 Å². The zero-order valence-corrected chi connectivity index (χ0v) is 9.08. The van der Waals surface area contributed by atoms with Gasteiger partial charge in [0.05, 0.1) is 0 Å². The van der Waals surface area contributed by atoms with E-state index < -0.39 is 0 Å². The molecular formula is C13H19NO. The SMILES string of the molecule is OCC1(CNCc2ccccc2)CCC1. The minimum Gasteiger partial charge on any atom is -0.396 e. The first-order chi connectivity index (χ1) is 7.35. The van der Waals surface area contributed by atoms with Gasteiger partial charge in [-0.1, -0.05) is 36.8 Å². The zero-order chi connectivity index (χ0) is 10.6. The smallest absolute Gasteiger partial charge is 0.0499 e. The van der Waals surface area contributed by atoms with Gasteiger partial charge in [0.25, 0.3) is 0 Å². The fraction of sp³-hybridized carbons (Fsp3) is 0.538. The second-order valence-corrected chi connectivity index (χ2v) is 4.60. The van der Waals surface area contributed by atoms with Gasteiger partial charge in [0.15, 0.2) is 0 Å². The molecule has 1 aliphatic carbocycles. The predicted molar refractivity (Wildman–Crippen MR) is 61.5 cm³/mol. The van der Waals surface area contributed by atoms with Crippen molar-refractivity contribution >= 4 is 0 Å². The van der Waals surface area contributed by atoms with Gasteiger partial charge in [-0.3, -0.25) is 0 Å². The normalized spacial score (nSPS) is 18.5. The molecule has 1 saturated carbocycles. The molecule has 1 fully saturated rings. The van der Waals surface area contributed by atoms with E-state index in [9.17, 15) is 5.11 Å². The quantitative estimate of drug-likeness (QED) is 0.770. The molecule has 82 valence electrons. The third-order valence-corrected chi connectivity index (χ3v) is 3.42. The van der Waals surface area contributed by atoms with Crippen LogP contribution < -0.4 is 5.32 Å². The largest absolute Gasteiger partial charge is 0.396 e. The summed E-state index contributed by atoms with van der Waals surface area (Å²) in [5.74, 6) is 0. The van der Waals surface area contributed by atoms with Gasteiger partial charge in [-0.2, -0.15) is 0 Å². The Morgan fingerprint density at radius 1 is 1.20 bits per heavy atom. The lowest BCUT2D eigenvalue weighted by Crippen LogP contribution is -2.42. The Kier molecular flexibility index (Phi) is 3.39. The highest BCUT2D eigenvalue weighted by Gasteiger charge is 2.35. The molecule has 2 nitrogen and oxygen atoms in total. The summed E-state index contributed by atoms with van der Waals surface area (Å²) < 4.78 is 0. The molecule has 0 aromatic heterocycles. The van der Waals surface area contributed by atoms with Gasteiger partial charge in [0.2, 0.25) is 0 Å². The lowest BCUT2D eigenvalue weighted by Gasteiger charge is -2.40. The highest BCUT2D eigenvalue weighted by atomic mass is 16.3. The molecule has 0 bridgehead atoms. The number of hydrogen-bond acceptors (Lipinski definition) is 2. The van der Waals surface area contributed by atoms with E-state index in [1.807, 2.05) is 6.07 Å². The number of aliphatic hydroxyl groups excluding tert-OH is 1. The molecule has 0 spiro atoms. The maximum absolute atomic E-state index is 9.29. The molecule has 1 aromatic carbocycles. The minimum absolute atomic E-state index is 0.189. The summed E-state index contributed by atoms with van der Waals surface area (Å²) in [6, 6.07) is 10.4. The van der Waals surface area contributed by atoms with Gasteiger partial charge in [-0.05, 0) is 18.4 Å². The Morgan fingerprint density at radius 2 is 1.93 bits per heavy atom. The molecule has 2 N–H and O–H groups in total. The van der Waals surface area contributed by atoms with Gasteiger partial charge < -0.3 is 10.4 Å². The lowest BCUT2D eigenvalue weighted by atomic mass is 9.69. The number of benzene rings is 1. The van der Waals surface area contributed by atoms with Gasteiger partial charge in [0, 0.05) is 25.1 Å². The summed E-state index contributed by atoms with van der Waals surface area (Å²) in [6.07, 6.45) is 3.62. The maximum atomic E-state index is 9.29. The minimum atomic E-state index is 0.189. The van der Waals surface area contributed by atoms with Crippen molar-refractivity contribution in [2.45, 2.75) is 25.8 Å². The molecule has 1 aromatic rings. The van der Waals surface area contributed by atoms with Crippen LogP contribution in [0.1, 0.15) is 24.8 Å². The van der Waals surface area contributed by atoms with Crippen molar-refractivity contribution in [2.24, 2.45) is 5.41 Å². The summed E-state index contributed by atoms with van der Waals surface area (Å²) in [7, 11) is 0. The van der Waals surface area contributed by atoms with Crippen molar-refractivity contribution in [3.05, 3.63) is 35.9 Å². The lowest BCUT2D eigenvalue weighted by molar-refractivity contribution is 0.0445. The molecule has 1 aliphatic rings. The van der Waals surface area contributed by atoms with Crippen LogP contribution in [0.2, 0.25) is 0 Å². The van der Waals surface area contributed by atoms with E-state index in [0.29, 0.717) is 6.61 Å². The Bertz CT molecular complexity index is 287. The second-order valence-electron chi connectivity index (χ2n) is 4.60. The van der Waals surface area contributed by atoms with Crippen LogP contribution in [-0.2, 0) is 6.54 Å². The van der Waals surface area contributed by atoms with Gasteiger partial charge in [-0.15, -0.1) is 0 Å². The first-order valence-corrected chi connectivity index (χ1v) is 5.70. The van der Waals surface area contributed by atoms with Crippen molar-refractivity contribution in [3.63, 3.8) is 0 Å². The highest BCUT2D eigenvalue weighted by Crippen LogP contribution is 2.39. The molecule has 2 heteroatoms. The Labute approximate surface area is 91.3 Å². The van der Waals surface area contributed by atoms with E-state index in [4.69, 9.17) is 0 Å². The highest BCUT2D eigenvalue weighted by molar-refractivity contribution is 5.14. The molecule has 0 heterocycles. The molecule has 2 rings (SSSR count). The van der Waals surface area contributed by atoms with E-state index in [2.05, 4.69) is 29.6 Å². The standard InChI is InChI=1S/C13H19NO/c15-11-13(7-4-8-13)10-14-9-12-5-2-1-3-6-12/h1-3,5-6,14-15H,4,7-11H2. The second kappa shape index (κ2) is 4.77. The first kappa shape index (κ1) is 10.7. The van der Waals surface area contributed by atoms with Crippen LogP contribution >= 0.6 is 0 Å². The molecular weight excluding hydrogens is 186 g/mol. The molecule has 0 amide bonds. The van der Waals surface area contributed by atoms with Gasteiger partial charge in [0.1, 0.15) is 0 Å². The van der Waals surface area contributed by atoms with Crippen LogP contribution in [0, 0.1) is 5.41 Å². The summed E-state index contributed by atoms with van der Waals surface area (Å²) in [5, 5.41) is 12.7. The third kappa shape index (κ3) is 2.58. The molecule has 0 atom stereocenters. The summed E-state index contributed by atoms with van der Waals surface area (Å²) in [5.41, 5.74) is 1.50. The average Bonchev–Trinajstić information content (AvgIpc) is 2.24. The zero-order valence-electron chi connectivity index (χ0n) is 9.08. The number of rotatable bonds is 5. The Balaban J connectivity index is 1.75. The maximum Gasteiger partial charge on any atom is 0.0499 e. The predicted octanol–water partition coefficient (Wildman–Crippen LogP) is 1.94. The van der Waals surface area contributed by atoms with Crippen molar-refractivity contribution in [3.8, 4) is 0 Å². The molecule has 0 unspecified atom stereocenters.